The van der Waals surface area contributed by atoms with Gasteiger partial charge in [0.05, 0.1) is 6.61 Å². The second-order valence-corrected chi connectivity index (χ2v) is 7.85. The third kappa shape index (κ3) is 5.29. The summed E-state index contributed by atoms with van der Waals surface area (Å²) >= 11 is 0. The minimum absolute atomic E-state index is 0.277. The molecule has 0 aromatic rings. The monoisotopic (exact) mass is 682 g/mol. The molecule has 0 saturated heterocycles. The molecule has 250 valence electrons. The first-order valence-electron chi connectivity index (χ1n) is 9.59. The lowest BCUT2D eigenvalue weighted by Crippen LogP contribution is -2.79. The zero-order chi connectivity index (χ0) is 34.6. The smallest absolute Gasteiger partial charge is 0.438 e. The van der Waals surface area contributed by atoms with Gasteiger partial charge in [-0.1, -0.05) is 6.58 Å². The van der Waals surface area contributed by atoms with E-state index in [2.05, 4.69) is 11.3 Å². The Morgan fingerprint density at radius 2 is 0.786 bits per heavy atom. The first-order valence-corrected chi connectivity index (χ1v) is 9.59. The van der Waals surface area contributed by atoms with Gasteiger partial charge in [0.25, 0.3) is 0 Å². The molecule has 0 unspecified atom stereocenters. The predicted molar refractivity (Wildman–Crippen MR) is 85.9 cm³/mol. The maximum atomic E-state index is 13.7. The molecule has 0 radical (unpaired) electrons. The van der Waals surface area contributed by atoms with Crippen molar-refractivity contribution in [2.75, 3.05) is 6.61 Å². The number of carbonyl (C=O) groups excluding carboxylic acids is 1. The maximum Gasteiger partial charge on any atom is 0.438 e. The molecule has 0 aliphatic heterocycles. The van der Waals surface area contributed by atoms with E-state index in [-0.39, 0.29) is 6.08 Å². The number of carbonyl (C=O) groups is 1. The highest BCUT2D eigenvalue weighted by molar-refractivity contribution is 5.81. The Morgan fingerprint density at radius 3 is 1.07 bits per heavy atom. The number of halogens is 23. The van der Waals surface area contributed by atoms with Crippen molar-refractivity contribution in [1.29, 1.82) is 0 Å². The van der Waals surface area contributed by atoms with Crippen LogP contribution in [0.4, 0.5) is 101 Å². The molecule has 0 aromatic carbocycles. The molecule has 0 saturated carbocycles. The molecule has 0 fully saturated rings. The molecule has 0 N–H and O–H groups in total. The molecule has 0 heterocycles. The SMILES string of the molecule is C=CC(=O)OCCCC(F)(F)C(F)(F)C(F)(F)C(F)(F)C(F)(F)C(F)(F)C(F)(F)C(F)(F)C(F)(C(F)(F)F)C(F)(F)F. The van der Waals surface area contributed by atoms with Crippen LogP contribution in [0.2, 0.25) is 0 Å². The van der Waals surface area contributed by atoms with Gasteiger partial charge in [0.1, 0.15) is 0 Å². The van der Waals surface area contributed by atoms with E-state index in [1.807, 2.05) is 0 Å². The zero-order valence-corrected chi connectivity index (χ0v) is 18.9. The summed E-state index contributed by atoms with van der Waals surface area (Å²) in [6.07, 6.45) is -21.5. The highest BCUT2D eigenvalue weighted by atomic mass is 19.4. The summed E-state index contributed by atoms with van der Waals surface area (Å²) in [4.78, 5) is 10.6. The van der Waals surface area contributed by atoms with E-state index in [9.17, 15) is 106 Å². The molecular formula is C17H9F23O2. The lowest BCUT2D eigenvalue weighted by Gasteiger charge is -2.46. The fourth-order valence-electron chi connectivity index (χ4n) is 2.63. The molecule has 0 rings (SSSR count). The molecule has 0 bridgehead atoms. The second-order valence-electron chi connectivity index (χ2n) is 7.85. The van der Waals surface area contributed by atoms with Crippen LogP contribution in [0.3, 0.4) is 0 Å². The topological polar surface area (TPSA) is 26.3 Å². The van der Waals surface area contributed by atoms with Gasteiger partial charge in [-0.2, -0.15) is 96.6 Å². The highest BCUT2D eigenvalue weighted by Gasteiger charge is 2.99. The Morgan fingerprint density at radius 1 is 0.500 bits per heavy atom. The van der Waals surface area contributed by atoms with Gasteiger partial charge in [0, 0.05) is 12.5 Å². The van der Waals surface area contributed by atoms with Gasteiger partial charge >= 0.3 is 71.4 Å². The lowest BCUT2D eigenvalue weighted by atomic mass is 9.82. The van der Waals surface area contributed by atoms with Crippen LogP contribution >= 0.6 is 0 Å². The minimum Gasteiger partial charge on any atom is -0.463 e. The Bertz CT molecular complexity index is 974. The molecule has 25 heteroatoms. The van der Waals surface area contributed by atoms with Crippen molar-refractivity contribution < 1.29 is 111 Å². The minimum atomic E-state index is -9.49. The van der Waals surface area contributed by atoms with E-state index >= 15 is 0 Å². The molecule has 0 spiro atoms. The summed E-state index contributed by atoms with van der Waals surface area (Å²) in [5.41, 5.74) is -9.04. The van der Waals surface area contributed by atoms with Gasteiger partial charge in [-0.05, 0) is 6.42 Å². The second kappa shape index (κ2) is 10.6. The van der Waals surface area contributed by atoms with Crippen LogP contribution in [0.1, 0.15) is 12.8 Å². The average molecular weight is 682 g/mol. The summed E-state index contributed by atoms with van der Waals surface area (Å²) in [7, 11) is 0. The maximum absolute atomic E-state index is 13.7. The van der Waals surface area contributed by atoms with Gasteiger partial charge in [0.15, 0.2) is 0 Å². The summed E-state index contributed by atoms with van der Waals surface area (Å²) in [6.45, 7) is 1.23. The fraction of sp³-hybridized carbons (Fsp3) is 0.824. The van der Waals surface area contributed by atoms with Crippen LogP contribution < -0.4 is 0 Å². The van der Waals surface area contributed by atoms with Crippen molar-refractivity contribution in [2.45, 2.75) is 78.2 Å². The molecule has 0 aliphatic carbocycles. The Balaban J connectivity index is 6.99. The van der Waals surface area contributed by atoms with E-state index < -0.39 is 90.8 Å². The predicted octanol–water partition coefficient (Wildman–Crippen LogP) is 8.41. The number of hydrogen-bond donors (Lipinski definition) is 0. The van der Waals surface area contributed by atoms with Crippen molar-refractivity contribution in [3.8, 4) is 0 Å². The third-order valence-electron chi connectivity index (χ3n) is 5.09. The van der Waals surface area contributed by atoms with E-state index in [0.29, 0.717) is 0 Å². The van der Waals surface area contributed by atoms with Crippen molar-refractivity contribution in [2.24, 2.45) is 0 Å². The van der Waals surface area contributed by atoms with Crippen molar-refractivity contribution in [3.05, 3.63) is 12.7 Å². The van der Waals surface area contributed by atoms with Gasteiger partial charge < -0.3 is 4.74 Å². The van der Waals surface area contributed by atoms with Crippen LogP contribution in [-0.4, -0.2) is 78.0 Å². The zero-order valence-electron chi connectivity index (χ0n) is 18.9. The first-order chi connectivity index (χ1) is 18.0. The van der Waals surface area contributed by atoms with Crippen LogP contribution in [0, 0.1) is 0 Å². The number of alkyl halides is 23. The molecule has 2 nitrogen and oxygen atoms in total. The van der Waals surface area contributed by atoms with Crippen molar-refractivity contribution in [3.63, 3.8) is 0 Å². The van der Waals surface area contributed by atoms with E-state index in [0.717, 1.165) is 0 Å². The van der Waals surface area contributed by atoms with Crippen LogP contribution in [-0.2, 0) is 9.53 Å². The van der Waals surface area contributed by atoms with E-state index in [1.54, 1.807) is 0 Å². The summed E-state index contributed by atoms with van der Waals surface area (Å²) in [5.74, 6) is -72.2. The lowest BCUT2D eigenvalue weighted by molar-refractivity contribution is -0.481. The number of hydrogen-bond acceptors (Lipinski definition) is 2. The first kappa shape index (κ1) is 39.6. The standard InChI is InChI=1S/C17H9F23O2/c1-2-6(41)42-5-3-4-7(18,19)9(21,22)11(25,26)13(29,30)15(33,34)14(31,32)12(27,28)10(23,24)8(20,16(35,36)37)17(38,39)40/h2H,1,3-5H2. The van der Waals surface area contributed by atoms with Gasteiger partial charge in [0.2, 0.25) is 0 Å². The number of esters is 1. The summed E-state index contributed by atoms with van der Waals surface area (Å²) in [6, 6.07) is 0. The molecule has 0 aromatic heterocycles. The number of rotatable bonds is 13. The molecule has 0 atom stereocenters. The van der Waals surface area contributed by atoms with Gasteiger partial charge in [-0.15, -0.1) is 0 Å². The normalized spacial score (nSPS) is 16.0. The Labute approximate surface area is 215 Å². The van der Waals surface area contributed by atoms with Crippen molar-refractivity contribution in [1.82, 2.24) is 0 Å². The summed E-state index contributed by atoms with van der Waals surface area (Å²) < 4.78 is 310. The van der Waals surface area contributed by atoms with Crippen LogP contribution in [0.5, 0.6) is 0 Å². The van der Waals surface area contributed by atoms with Crippen LogP contribution in [0.15, 0.2) is 12.7 Å². The number of ether oxygens (including phenoxy) is 1. The molecule has 0 aliphatic rings. The van der Waals surface area contributed by atoms with Gasteiger partial charge in [-0.25, -0.2) is 9.18 Å². The summed E-state index contributed by atoms with van der Waals surface area (Å²) in [5, 5.41) is 0. The molecular weight excluding hydrogens is 673 g/mol. The third-order valence-corrected chi connectivity index (χ3v) is 5.09. The molecule has 42 heavy (non-hydrogen) atoms. The van der Waals surface area contributed by atoms with Crippen molar-refractivity contribution >= 4 is 5.97 Å². The molecule has 0 amide bonds. The van der Waals surface area contributed by atoms with E-state index in [1.165, 1.54) is 0 Å². The largest absolute Gasteiger partial charge is 0.463 e. The Hall–Kier alpha value is -2.40. The fourth-order valence-corrected chi connectivity index (χ4v) is 2.63. The Kier molecular flexibility index (Phi) is 10.0. The van der Waals surface area contributed by atoms with Gasteiger partial charge in [-0.3, -0.25) is 0 Å². The van der Waals surface area contributed by atoms with Crippen LogP contribution in [0.25, 0.3) is 0 Å². The average Bonchev–Trinajstić information content (AvgIpc) is 2.78. The van der Waals surface area contributed by atoms with E-state index in [4.69, 9.17) is 0 Å². The quantitative estimate of drug-likeness (QED) is 0.0845. The highest BCUT2D eigenvalue weighted by Crippen LogP contribution is 2.67.